The number of H-pyrrole nitrogens is 1. The van der Waals surface area contributed by atoms with Crippen molar-refractivity contribution >= 4 is 33.7 Å². The van der Waals surface area contributed by atoms with Crippen LogP contribution in [0.1, 0.15) is 0 Å². The quantitative estimate of drug-likeness (QED) is 0.459. The highest BCUT2D eigenvalue weighted by Crippen LogP contribution is 2.22. The predicted octanol–water partition coefficient (Wildman–Crippen LogP) is 1.46. The second-order valence-electron chi connectivity index (χ2n) is 6.76. The van der Waals surface area contributed by atoms with Crippen LogP contribution >= 0.6 is 0 Å². The number of aromatic nitrogens is 6. The molecular formula is C21H15N7O3. The summed E-state index contributed by atoms with van der Waals surface area (Å²) in [5.74, 6) is -0.395. The molecule has 0 aliphatic rings. The van der Waals surface area contributed by atoms with Gasteiger partial charge in [0.15, 0.2) is 5.65 Å². The smallest absolute Gasteiger partial charge is 0.269 e. The van der Waals surface area contributed by atoms with Crippen molar-refractivity contribution in [1.82, 2.24) is 29.3 Å². The zero-order chi connectivity index (χ0) is 21.4. The van der Waals surface area contributed by atoms with E-state index in [2.05, 4.69) is 25.4 Å². The van der Waals surface area contributed by atoms with Crippen LogP contribution in [0.25, 0.3) is 27.8 Å². The summed E-state index contributed by atoms with van der Waals surface area (Å²) in [5.41, 5.74) is 1.88. The third-order valence-corrected chi connectivity index (χ3v) is 4.83. The molecular weight excluding hydrogens is 398 g/mol. The summed E-state index contributed by atoms with van der Waals surface area (Å²) in [6, 6.07) is 14.1. The van der Waals surface area contributed by atoms with E-state index >= 15 is 0 Å². The fourth-order valence-electron chi connectivity index (χ4n) is 3.41. The monoisotopic (exact) mass is 413 g/mol. The lowest BCUT2D eigenvalue weighted by atomic mass is 10.2. The lowest BCUT2D eigenvalue weighted by Gasteiger charge is -2.13. The summed E-state index contributed by atoms with van der Waals surface area (Å²) >= 11 is 0. The number of anilines is 1. The van der Waals surface area contributed by atoms with Crippen LogP contribution in [0.15, 0.2) is 76.8 Å². The van der Waals surface area contributed by atoms with E-state index in [4.69, 9.17) is 0 Å². The van der Waals surface area contributed by atoms with Crippen molar-refractivity contribution in [2.45, 2.75) is 6.54 Å². The number of fused-ring (bicyclic) bond motifs is 2. The molecule has 10 heteroatoms. The Morgan fingerprint density at radius 1 is 1.00 bits per heavy atom. The Kier molecular flexibility index (Phi) is 4.36. The maximum absolute atomic E-state index is 12.8. The minimum Gasteiger partial charge on any atom is -0.323 e. The number of hydrogen-bond donors (Lipinski definition) is 2. The Hall–Kier alpha value is -4.60. The van der Waals surface area contributed by atoms with Crippen LogP contribution < -0.4 is 16.4 Å². The molecule has 10 nitrogen and oxygen atoms in total. The van der Waals surface area contributed by atoms with Crippen LogP contribution in [0, 0.1) is 0 Å². The van der Waals surface area contributed by atoms with Gasteiger partial charge in [0.05, 0.1) is 41.1 Å². The van der Waals surface area contributed by atoms with Crippen LogP contribution in [0.4, 0.5) is 5.69 Å². The largest absolute Gasteiger partial charge is 0.323 e. The standard InChI is InChI=1S/C21H15N7O3/c29-18(11-27-16-7-3-1-5-14(16)22-10-19(27)30)26-15-6-2-4-8-17(15)28-20-13(9-25-28)21(31)24-12-23-20/h1-10,12H,11H2,(H,26,29)(H,23,24,31). The number of carbonyl (C=O) groups excluding carboxylic acids is 1. The number of nitrogens with zero attached hydrogens (tertiary/aromatic N) is 5. The van der Waals surface area contributed by atoms with Gasteiger partial charge in [0.2, 0.25) is 5.91 Å². The van der Waals surface area contributed by atoms with Gasteiger partial charge in [-0.25, -0.2) is 14.6 Å². The van der Waals surface area contributed by atoms with Gasteiger partial charge in [-0.05, 0) is 24.3 Å². The van der Waals surface area contributed by atoms with Crippen molar-refractivity contribution in [2.75, 3.05) is 5.32 Å². The molecule has 0 saturated heterocycles. The summed E-state index contributed by atoms with van der Waals surface area (Å²) in [5, 5.41) is 7.41. The molecule has 2 aromatic carbocycles. The first kappa shape index (κ1) is 18.4. The molecule has 31 heavy (non-hydrogen) atoms. The van der Waals surface area contributed by atoms with E-state index in [1.54, 1.807) is 42.5 Å². The molecule has 0 spiro atoms. The lowest BCUT2D eigenvalue weighted by molar-refractivity contribution is -0.116. The van der Waals surface area contributed by atoms with E-state index in [1.807, 2.05) is 6.07 Å². The van der Waals surface area contributed by atoms with Gasteiger partial charge in [-0.3, -0.25) is 19.0 Å². The van der Waals surface area contributed by atoms with Crippen LogP contribution in [-0.4, -0.2) is 35.2 Å². The Labute approximate surface area is 173 Å². The average molecular weight is 413 g/mol. The van der Waals surface area contributed by atoms with Crippen molar-refractivity contribution in [1.29, 1.82) is 0 Å². The van der Waals surface area contributed by atoms with Gasteiger partial charge in [-0.2, -0.15) is 5.10 Å². The Morgan fingerprint density at radius 3 is 2.71 bits per heavy atom. The Morgan fingerprint density at radius 2 is 1.81 bits per heavy atom. The number of para-hydroxylation sites is 4. The third kappa shape index (κ3) is 3.25. The van der Waals surface area contributed by atoms with Gasteiger partial charge in [-0.15, -0.1) is 0 Å². The maximum atomic E-state index is 12.8. The number of carbonyl (C=O) groups is 1. The molecule has 3 heterocycles. The number of nitrogens with one attached hydrogen (secondary N) is 2. The Bertz CT molecular complexity index is 1560. The molecule has 5 rings (SSSR count). The van der Waals surface area contributed by atoms with Gasteiger partial charge < -0.3 is 10.3 Å². The molecule has 0 unspecified atom stereocenters. The number of amides is 1. The summed E-state index contributed by atoms with van der Waals surface area (Å²) in [6.45, 7) is -0.187. The summed E-state index contributed by atoms with van der Waals surface area (Å²) in [7, 11) is 0. The highest BCUT2D eigenvalue weighted by Gasteiger charge is 2.15. The molecule has 0 atom stereocenters. The van der Waals surface area contributed by atoms with Crippen molar-refractivity contribution < 1.29 is 4.79 Å². The van der Waals surface area contributed by atoms with E-state index in [0.29, 0.717) is 33.4 Å². The summed E-state index contributed by atoms with van der Waals surface area (Å²) in [6.07, 6.45) is 3.91. The normalized spacial score (nSPS) is 11.1. The first-order valence-electron chi connectivity index (χ1n) is 9.37. The molecule has 1 amide bonds. The highest BCUT2D eigenvalue weighted by molar-refractivity contribution is 5.94. The molecule has 0 aliphatic carbocycles. The first-order valence-corrected chi connectivity index (χ1v) is 9.37. The van der Waals surface area contributed by atoms with E-state index in [1.165, 1.54) is 28.0 Å². The Balaban J connectivity index is 1.50. The number of benzene rings is 2. The van der Waals surface area contributed by atoms with Crippen LogP contribution in [0.5, 0.6) is 0 Å². The summed E-state index contributed by atoms with van der Waals surface area (Å²) in [4.78, 5) is 47.9. The molecule has 2 N–H and O–H groups in total. The van der Waals surface area contributed by atoms with Crippen LogP contribution in [0.3, 0.4) is 0 Å². The van der Waals surface area contributed by atoms with Crippen molar-refractivity contribution in [3.63, 3.8) is 0 Å². The minimum absolute atomic E-state index is 0.187. The summed E-state index contributed by atoms with van der Waals surface area (Å²) < 4.78 is 2.85. The van der Waals surface area contributed by atoms with Gasteiger partial charge in [0.25, 0.3) is 11.1 Å². The fraction of sp³-hybridized carbons (Fsp3) is 0.0476. The topological polar surface area (TPSA) is 128 Å². The zero-order valence-corrected chi connectivity index (χ0v) is 16.0. The number of hydrogen-bond acceptors (Lipinski definition) is 6. The fourth-order valence-corrected chi connectivity index (χ4v) is 3.41. The van der Waals surface area contributed by atoms with E-state index < -0.39 is 5.91 Å². The molecule has 0 radical (unpaired) electrons. The van der Waals surface area contributed by atoms with Gasteiger partial charge >= 0.3 is 0 Å². The van der Waals surface area contributed by atoms with E-state index in [9.17, 15) is 14.4 Å². The third-order valence-electron chi connectivity index (χ3n) is 4.83. The highest BCUT2D eigenvalue weighted by atomic mass is 16.2. The van der Waals surface area contributed by atoms with Crippen molar-refractivity contribution in [2.24, 2.45) is 0 Å². The second kappa shape index (κ2) is 7.34. The number of rotatable bonds is 4. The van der Waals surface area contributed by atoms with E-state index in [0.717, 1.165) is 0 Å². The van der Waals surface area contributed by atoms with Crippen molar-refractivity contribution in [3.8, 4) is 5.69 Å². The minimum atomic E-state index is -0.395. The molecule has 5 aromatic rings. The second-order valence-corrected chi connectivity index (χ2v) is 6.76. The van der Waals surface area contributed by atoms with Crippen LogP contribution in [-0.2, 0) is 11.3 Å². The lowest BCUT2D eigenvalue weighted by Crippen LogP contribution is -2.28. The first-order chi connectivity index (χ1) is 15.1. The molecule has 0 fully saturated rings. The average Bonchev–Trinajstić information content (AvgIpc) is 3.21. The molecule has 0 aliphatic heterocycles. The zero-order valence-electron chi connectivity index (χ0n) is 16.0. The maximum Gasteiger partial charge on any atom is 0.269 e. The molecule has 3 aromatic heterocycles. The molecule has 0 bridgehead atoms. The van der Waals surface area contributed by atoms with Crippen molar-refractivity contribution in [3.05, 3.63) is 88.0 Å². The van der Waals surface area contributed by atoms with Gasteiger partial charge in [-0.1, -0.05) is 24.3 Å². The van der Waals surface area contributed by atoms with E-state index in [-0.39, 0.29) is 17.7 Å². The number of aromatic amines is 1. The molecule has 152 valence electrons. The SMILES string of the molecule is O=C(Cn1c(=O)cnc2ccccc21)Nc1ccccc1-n1ncc2c(=O)[nH]cnc21. The van der Waals surface area contributed by atoms with Crippen LogP contribution in [0.2, 0.25) is 0 Å². The van der Waals surface area contributed by atoms with Gasteiger partial charge in [0.1, 0.15) is 11.9 Å². The van der Waals surface area contributed by atoms with Gasteiger partial charge in [0, 0.05) is 0 Å². The predicted molar refractivity (Wildman–Crippen MR) is 114 cm³/mol. The molecule has 0 saturated carbocycles.